The summed E-state index contributed by atoms with van der Waals surface area (Å²) in [5, 5.41) is 0. The summed E-state index contributed by atoms with van der Waals surface area (Å²) in [6, 6.07) is 8.54. The first kappa shape index (κ1) is 18.3. The molecule has 1 aliphatic carbocycles. The predicted octanol–water partition coefficient (Wildman–Crippen LogP) is 6.30. The Balaban J connectivity index is 2.02. The van der Waals surface area contributed by atoms with E-state index in [-0.39, 0.29) is 11.7 Å². The van der Waals surface area contributed by atoms with Crippen LogP contribution in [-0.4, -0.2) is 12.4 Å². The smallest absolute Gasteiger partial charge is 0.204 e. The molecule has 2 atom stereocenters. The Hall–Kier alpha value is -1.02. The molecule has 0 heterocycles. The van der Waals surface area contributed by atoms with Gasteiger partial charge in [-0.2, -0.15) is 0 Å². The van der Waals surface area contributed by atoms with Gasteiger partial charge in [0.15, 0.2) is 0 Å². The Labute approximate surface area is 142 Å². The van der Waals surface area contributed by atoms with Crippen molar-refractivity contribution in [3.8, 4) is 5.75 Å². The Kier molecular flexibility index (Phi) is 6.52. The molecule has 0 N–H and O–H groups in total. The minimum atomic E-state index is -0.194. The zero-order chi connectivity index (χ0) is 16.9. The van der Waals surface area contributed by atoms with Crippen molar-refractivity contribution in [2.45, 2.75) is 91.5 Å². The summed E-state index contributed by atoms with van der Waals surface area (Å²) in [7, 11) is 0. The highest BCUT2D eigenvalue weighted by molar-refractivity contribution is 5.29. The highest BCUT2D eigenvalue weighted by Crippen LogP contribution is 2.31. The molecule has 2 heteroatoms. The van der Waals surface area contributed by atoms with Gasteiger partial charge in [0.25, 0.3) is 0 Å². The molecule has 1 aliphatic rings. The minimum absolute atomic E-state index is 0.0349. The highest BCUT2D eigenvalue weighted by Gasteiger charge is 2.31. The van der Waals surface area contributed by atoms with Gasteiger partial charge in [-0.15, -0.1) is 0 Å². The first-order chi connectivity index (χ1) is 10.9. The maximum Gasteiger partial charge on any atom is 0.204 e. The van der Waals surface area contributed by atoms with Gasteiger partial charge in [0, 0.05) is 5.41 Å². The molecule has 2 nitrogen and oxygen atoms in total. The topological polar surface area (TPSA) is 18.5 Å². The summed E-state index contributed by atoms with van der Waals surface area (Å²) in [5.41, 5.74) is 1.34. The molecule has 0 saturated heterocycles. The molecule has 0 amide bonds. The second-order valence-electron chi connectivity index (χ2n) is 8.09. The van der Waals surface area contributed by atoms with E-state index in [4.69, 9.17) is 9.47 Å². The van der Waals surface area contributed by atoms with E-state index in [0.717, 1.165) is 12.2 Å². The Morgan fingerprint density at radius 2 is 1.65 bits per heavy atom. The largest absolute Gasteiger partial charge is 0.464 e. The van der Waals surface area contributed by atoms with Gasteiger partial charge in [0.05, 0.1) is 6.10 Å². The lowest BCUT2D eigenvalue weighted by Gasteiger charge is -2.35. The molecule has 0 radical (unpaired) electrons. The van der Waals surface area contributed by atoms with E-state index in [1.54, 1.807) is 0 Å². The summed E-state index contributed by atoms with van der Waals surface area (Å²) >= 11 is 0. The van der Waals surface area contributed by atoms with Crippen molar-refractivity contribution in [2.24, 2.45) is 5.41 Å². The summed E-state index contributed by atoms with van der Waals surface area (Å²) in [6.45, 7) is 11.1. The van der Waals surface area contributed by atoms with Gasteiger partial charge in [-0.25, -0.2) is 0 Å². The lowest BCUT2D eigenvalue weighted by Crippen LogP contribution is -2.38. The van der Waals surface area contributed by atoms with Crippen LogP contribution in [0, 0.1) is 5.41 Å². The number of hydrogen-bond acceptors (Lipinski definition) is 2. The molecule has 0 spiro atoms. The SMILES string of the molecule is CCC(C)c1ccc(OC(OC2CCCCC2)C(C)(C)C)cc1. The first-order valence-electron chi connectivity index (χ1n) is 9.32. The van der Waals surface area contributed by atoms with Crippen molar-refractivity contribution in [2.75, 3.05) is 0 Å². The molecule has 0 bridgehead atoms. The van der Waals surface area contributed by atoms with Crippen molar-refractivity contribution in [1.82, 2.24) is 0 Å². The first-order valence-corrected chi connectivity index (χ1v) is 9.32. The lowest BCUT2D eigenvalue weighted by molar-refractivity contribution is -0.177. The van der Waals surface area contributed by atoms with Crippen molar-refractivity contribution < 1.29 is 9.47 Å². The second-order valence-corrected chi connectivity index (χ2v) is 8.09. The van der Waals surface area contributed by atoms with E-state index in [9.17, 15) is 0 Å². The zero-order valence-electron chi connectivity index (χ0n) is 15.6. The third-order valence-corrected chi connectivity index (χ3v) is 4.88. The van der Waals surface area contributed by atoms with Gasteiger partial charge in [0.2, 0.25) is 6.29 Å². The summed E-state index contributed by atoms with van der Waals surface area (Å²) in [4.78, 5) is 0. The van der Waals surface area contributed by atoms with Crippen LogP contribution in [0.15, 0.2) is 24.3 Å². The van der Waals surface area contributed by atoms with Gasteiger partial charge >= 0.3 is 0 Å². The fourth-order valence-corrected chi connectivity index (χ4v) is 3.02. The summed E-state index contributed by atoms with van der Waals surface area (Å²) in [6.07, 6.45) is 7.57. The number of benzene rings is 1. The highest BCUT2D eigenvalue weighted by atomic mass is 16.7. The van der Waals surface area contributed by atoms with E-state index in [2.05, 4.69) is 58.9 Å². The third kappa shape index (κ3) is 5.53. The molecular weight excluding hydrogens is 284 g/mol. The van der Waals surface area contributed by atoms with Crippen LogP contribution >= 0.6 is 0 Å². The summed E-state index contributed by atoms with van der Waals surface area (Å²) in [5.74, 6) is 1.51. The molecule has 1 aromatic carbocycles. The molecular formula is C21H34O2. The van der Waals surface area contributed by atoms with Gasteiger partial charge < -0.3 is 9.47 Å². The van der Waals surface area contributed by atoms with Gasteiger partial charge in [-0.3, -0.25) is 0 Å². The molecule has 2 rings (SSSR count). The fourth-order valence-electron chi connectivity index (χ4n) is 3.02. The molecule has 1 saturated carbocycles. The molecule has 2 unspecified atom stereocenters. The number of rotatable bonds is 6. The van der Waals surface area contributed by atoms with Crippen LogP contribution < -0.4 is 4.74 Å². The van der Waals surface area contributed by atoms with E-state index in [1.165, 1.54) is 37.7 Å². The van der Waals surface area contributed by atoms with E-state index < -0.39 is 0 Å². The molecule has 23 heavy (non-hydrogen) atoms. The normalized spacial score (nSPS) is 19.3. The van der Waals surface area contributed by atoms with E-state index >= 15 is 0 Å². The van der Waals surface area contributed by atoms with Crippen molar-refractivity contribution >= 4 is 0 Å². The van der Waals surface area contributed by atoms with Crippen LogP contribution in [0.3, 0.4) is 0 Å². The Morgan fingerprint density at radius 1 is 1.04 bits per heavy atom. The molecule has 0 aliphatic heterocycles. The maximum atomic E-state index is 6.34. The monoisotopic (exact) mass is 318 g/mol. The fraction of sp³-hybridized carbons (Fsp3) is 0.714. The van der Waals surface area contributed by atoms with Crippen molar-refractivity contribution in [1.29, 1.82) is 0 Å². The van der Waals surface area contributed by atoms with Crippen molar-refractivity contribution in [3.05, 3.63) is 29.8 Å². The third-order valence-electron chi connectivity index (χ3n) is 4.88. The van der Waals surface area contributed by atoms with E-state index in [0.29, 0.717) is 12.0 Å². The zero-order valence-corrected chi connectivity index (χ0v) is 15.6. The Bertz CT molecular complexity index is 452. The molecule has 0 aromatic heterocycles. The average molecular weight is 319 g/mol. The number of hydrogen-bond donors (Lipinski definition) is 0. The van der Waals surface area contributed by atoms with Crippen LogP contribution in [0.25, 0.3) is 0 Å². The van der Waals surface area contributed by atoms with Crippen LogP contribution in [0.5, 0.6) is 5.75 Å². The predicted molar refractivity (Wildman–Crippen MR) is 97.0 cm³/mol. The molecule has 130 valence electrons. The van der Waals surface area contributed by atoms with Crippen LogP contribution in [0.1, 0.15) is 84.6 Å². The van der Waals surface area contributed by atoms with E-state index in [1.807, 2.05) is 0 Å². The van der Waals surface area contributed by atoms with Gasteiger partial charge in [-0.1, -0.05) is 66.0 Å². The van der Waals surface area contributed by atoms with Crippen LogP contribution in [0.2, 0.25) is 0 Å². The second kappa shape index (κ2) is 8.19. The van der Waals surface area contributed by atoms with Crippen LogP contribution in [-0.2, 0) is 4.74 Å². The number of ether oxygens (including phenoxy) is 2. The maximum absolute atomic E-state index is 6.34. The van der Waals surface area contributed by atoms with Gasteiger partial charge in [0.1, 0.15) is 5.75 Å². The van der Waals surface area contributed by atoms with Crippen molar-refractivity contribution in [3.63, 3.8) is 0 Å². The average Bonchev–Trinajstić information content (AvgIpc) is 2.54. The minimum Gasteiger partial charge on any atom is -0.464 e. The standard InChI is InChI=1S/C21H34O2/c1-6-16(2)17-12-14-19(15-13-17)23-20(21(3,4)5)22-18-10-8-7-9-11-18/h12-16,18,20H,6-11H2,1-5H3. The van der Waals surface area contributed by atoms with Crippen LogP contribution in [0.4, 0.5) is 0 Å². The quantitative estimate of drug-likeness (QED) is 0.573. The Morgan fingerprint density at radius 3 is 2.17 bits per heavy atom. The molecule has 1 fully saturated rings. The van der Waals surface area contributed by atoms with Gasteiger partial charge in [-0.05, 0) is 42.9 Å². The lowest BCUT2D eigenvalue weighted by atomic mass is 9.94. The molecule has 1 aromatic rings. The summed E-state index contributed by atoms with van der Waals surface area (Å²) < 4.78 is 12.6.